The van der Waals surface area contributed by atoms with Crippen LogP contribution < -0.4 is 0 Å². The Labute approximate surface area is 201 Å². The average Bonchev–Trinajstić information content (AvgIpc) is 2.60. The van der Waals surface area contributed by atoms with E-state index in [1.807, 2.05) is 34.6 Å². The summed E-state index contributed by atoms with van der Waals surface area (Å²) in [4.78, 5) is 10.3. The molecule has 0 aromatic carbocycles. The molecular weight excluding hydrogens is 404 g/mol. The van der Waals surface area contributed by atoms with Crippen molar-refractivity contribution in [1.29, 1.82) is 0 Å². The minimum Gasteiger partial charge on any atom is -0.230 e. The lowest BCUT2D eigenvalue weighted by molar-refractivity contribution is -0.398. The van der Waals surface area contributed by atoms with Gasteiger partial charge in [-0.2, -0.15) is 10.2 Å². The summed E-state index contributed by atoms with van der Waals surface area (Å²) in [6, 6.07) is 0. The minimum absolute atomic E-state index is 0.0940. The van der Waals surface area contributed by atoms with Crippen LogP contribution in [0.3, 0.4) is 0 Å². The molecule has 0 heterocycles. The molecule has 0 saturated heterocycles. The first-order chi connectivity index (χ1) is 14.0. The molecule has 0 spiro atoms. The zero-order chi connectivity index (χ0) is 24.6. The van der Waals surface area contributed by atoms with Crippen molar-refractivity contribution in [2.75, 3.05) is 0 Å². The Morgan fingerprint density at radius 2 is 1.06 bits per heavy atom. The van der Waals surface area contributed by atoms with E-state index < -0.39 is 0 Å². The molecule has 0 saturated carbocycles. The van der Waals surface area contributed by atoms with Crippen LogP contribution in [0.1, 0.15) is 147 Å². The van der Waals surface area contributed by atoms with Crippen LogP contribution in [0.2, 0.25) is 0 Å². The summed E-state index contributed by atoms with van der Waals surface area (Å²) in [5, 5.41) is 8.70. The molecule has 1 unspecified atom stereocenters. The van der Waals surface area contributed by atoms with E-state index in [2.05, 4.69) is 64.4 Å². The van der Waals surface area contributed by atoms with Crippen molar-refractivity contribution in [3.8, 4) is 0 Å². The molecule has 5 heteroatoms. The fraction of sp³-hybridized carbons (Fsp3) is 1.00. The van der Waals surface area contributed by atoms with Gasteiger partial charge < -0.3 is 0 Å². The van der Waals surface area contributed by atoms with E-state index in [0.29, 0.717) is 0 Å². The van der Waals surface area contributed by atoms with Gasteiger partial charge in [0.25, 0.3) is 0 Å². The van der Waals surface area contributed by atoms with Crippen LogP contribution >= 0.6 is 12.6 Å². The summed E-state index contributed by atoms with van der Waals surface area (Å²) in [7, 11) is 0. The summed E-state index contributed by atoms with van der Waals surface area (Å²) >= 11 is 4.61. The molecule has 4 nitrogen and oxygen atoms in total. The summed E-state index contributed by atoms with van der Waals surface area (Å²) < 4.78 is 0. The quantitative estimate of drug-likeness (QED) is 0.0921. The van der Waals surface area contributed by atoms with Gasteiger partial charge in [0, 0.05) is 0 Å². The Morgan fingerprint density at radius 3 is 1.48 bits per heavy atom. The lowest BCUT2D eigenvalue weighted by atomic mass is 10.0. The number of hydrogen-bond donors (Lipinski definition) is 1. The van der Waals surface area contributed by atoms with Crippen LogP contribution in [-0.4, -0.2) is 21.6 Å². The second-order valence-corrected chi connectivity index (χ2v) is 12.6. The largest absolute Gasteiger partial charge is 0.230 e. The molecule has 0 aliphatic heterocycles. The molecule has 0 aliphatic rings. The van der Waals surface area contributed by atoms with Crippen LogP contribution in [0.15, 0.2) is 10.2 Å². The van der Waals surface area contributed by atoms with Gasteiger partial charge in [0.05, 0.1) is 16.7 Å². The maximum atomic E-state index is 5.33. The smallest absolute Gasteiger partial charge is 0.121 e. The van der Waals surface area contributed by atoms with Crippen LogP contribution in [0.5, 0.6) is 0 Å². The molecular formula is C26H56N2O2S. The van der Waals surface area contributed by atoms with E-state index in [0.717, 1.165) is 19.3 Å². The Bertz CT molecular complexity index is 449. The number of unbranched alkanes of at least 4 members (excludes halogenated alkanes) is 7. The van der Waals surface area contributed by atoms with Crippen molar-refractivity contribution < 1.29 is 9.78 Å². The van der Waals surface area contributed by atoms with Gasteiger partial charge in [-0.1, -0.05) is 71.6 Å². The van der Waals surface area contributed by atoms with Crippen LogP contribution in [0, 0.1) is 0 Å². The van der Waals surface area contributed by atoms with E-state index in [1.165, 1.54) is 51.4 Å². The zero-order valence-electron chi connectivity index (χ0n) is 22.9. The average molecular weight is 461 g/mol. The molecule has 188 valence electrons. The number of azo groups is 1. The first-order valence-corrected chi connectivity index (χ1v) is 13.0. The third-order valence-corrected chi connectivity index (χ3v) is 4.75. The van der Waals surface area contributed by atoms with Crippen molar-refractivity contribution in [2.24, 2.45) is 10.2 Å². The molecule has 0 fully saturated rings. The number of hydrogen-bond acceptors (Lipinski definition) is 5. The number of thiol groups is 1. The fourth-order valence-electron chi connectivity index (χ4n) is 2.78. The Balaban J connectivity index is 0. The first-order valence-electron chi connectivity index (χ1n) is 12.6. The van der Waals surface area contributed by atoms with Crippen LogP contribution in [-0.2, 0) is 9.78 Å². The normalized spacial score (nSPS) is 15.0. The highest BCUT2D eigenvalue weighted by atomic mass is 32.1. The molecule has 31 heavy (non-hydrogen) atoms. The standard InChI is InChI=1S/C16H34N2S.C10H22O2/c1-6-7-8-9-10-11-12-13-14-16(5,19)18-17-15(2,3)4;1-7-8-10(5,6)12-11-9(2,3)4/h19H,6-14H2,1-5H3;7-8H2,1-6H3. The van der Waals surface area contributed by atoms with Gasteiger partial charge in [-0.3, -0.25) is 0 Å². The van der Waals surface area contributed by atoms with Gasteiger partial charge in [0.1, 0.15) is 4.87 Å². The maximum Gasteiger partial charge on any atom is 0.121 e. The molecule has 0 aromatic heterocycles. The van der Waals surface area contributed by atoms with Crippen molar-refractivity contribution in [3.63, 3.8) is 0 Å². The van der Waals surface area contributed by atoms with E-state index >= 15 is 0 Å². The van der Waals surface area contributed by atoms with Crippen LogP contribution in [0.4, 0.5) is 0 Å². The highest BCUT2D eigenvalue weighted by molar-refractivity contribution is 7.81. The maximum absolute atomic E-state index is 5.33. The topological polar surface area (TPSA) is 43.2 Å². The highest BCUT2D eigenvalue weighted by Crippen LogP contribution is 2.26. The lowest BCUT2D eigenvalue weighted by Gasteiger charge is -2.28. The second-order valence-electron chi connectivity index (χ2n) is 11.6. The Kier molecular flexibility index (Phi) is 17.6. The summed E-state index contributed by atoms with van der Waals surface area (Å²) in [5.74, 6) is 0. The van der Waals surface area contributed by atoms with Gasteiger partial charge in [-0.05, 0) is 75.2 Å². The molecule has 0 N–H and O–H groups in total. The van der Waals surface area contributed by atoms with Crippen LogP contribution in [0.25, 0.3) is 0 Å². The van der Waals surface area contributed by atoms with Gasteiger partial charge in [-0.15, -0.1) is 12.6 Å². The molecule has 0 aliphatic carbocycles. The van der Waals surface area contributed by atoms with E-state index in [9.17, 15) is 0 Å². The van der Waals surface area contributed by atoms with E-state index in [1.54, 1.807) is 0 Å². The van der Waals surface area contributed by atoms with E-state index in [-0.39, 0.29) is 21.6 Å². The third-order valence-electron chi connectivity index (χ3n) is 4.44. The van der Waals surface area contributed by atoms with Gasteiger partial charge >= 0.3 is 0 Å². The predicted octanol–water partition coefficient (Wildman–Crippen LogP) is 9.73. The van der Waals surface area contributed by atoms with Gasteiger partial charge in [0.15, 0.2) is 0 Å². The molecule has 0 rings (SSSR count). The lowest BCUT2D eigenvalue weighted by Crippen LogP contribution is -2.30. The molecule has 1 atom stereocenters. The molecule has 0 amide bonds. The zero-order valence-corrected chi connectivity index (χ0v) is 23.8. The van der Waals surface area contributed by atoms with Crippen molar-refractivity contribution in [3.05, 3.63) is 0 Å². The SMILES string of the molecule is CCCC(C)(C)OOC(C)(C)C.CCCCCCCCCCC(C)(S)N=NC(C)(C)C. The predicted molar refractivity (Wildman–Crippen MR) is 140 cm³/mol. The van der Waals surface area contributed by atoms with Crippen molar-refractivity contribution in [2.45, 2.75) is 168 Å². The summed E-state index contributed by atoms with van der Waals surface area (Å²) in [6.45, 7) is 22.7. The van der Waals surface area contributed by atoms with Gasteiger partial charge in [-0.25, -0.2) is 9.78 Å². The van der Waals surface area contributed by atoms with Crippen molar-refractivity contribution >= 4 is 12.6 Å². The summed E-state index contributed by atoms with van der Waals surface area (Å²) in [5.41, 5.74) is -0.476. The minimum atomic E-state index is -0.296. The number of nitrogens with zero attached hydrogens (tertiary/aromatic N) is 2. The Hall–Kier alpha value is -0.130. The summed E-state index contributed by atoms with van der Waals surface area (Å²) in [6.07, 6.45) is 13.9. The Morgan fingerprint density at radius 1 is 0.581 bits per heavy atom. The number of rotatable bonds is 14. The monoisotopic (exact) mass is 460 g/mol. The molecule has 0 aromatic rings. The van der Waals surface area contributed by atoms with Gasteiger partial charge in [0.2, 0.25) is 0 Å². The molecule has 0 bridgehead atoms. The van der Waals surface area contributed by atoms with E-state index in [4.69, 9.17) is 9.78 Å². The third kappa shape index (κ3) is 27.8. The molecule has 0 radical (unpaired) electrons. The first kappa shape index (κ1) is 33.0. The second kappa shape index (κ2) is 16.5. The highest BCUT2D eigenvalue weighted by Gasteiger charge is 2.22. The fourth-order valence-corrected chi connectivity index (χ4v) is 2.99. The van der Waals surface area contributed by atoms with Crippen molar-refractivity contribution in [1.82, 2.24) is 0 Å².